The number of aryl methyl sites for hydroxylation is 2. The molecule has 0 aliphatic carbocycles. The van der Waals surface area contributed by atoms with Gasteiger partial charge in [-0.1, -0.05) is 54.1 Å². The van der Waals surface area contributed by atoms with Crippen molar-refractivity contribution < 1.29 is 9.59 Å². The molecule has 206 valence electrons. The molecule has 1 N–H and O–H groups in total. The zero-order valence-electron chi connectivity index (χ0n) is 22.8. The molecule has 2 amide bonds. The number of carbonyl (C=O) groups is 2. The minimum atomic E-state index is -0.248. The van der Waals surface area contributed by atoms with Crippen molar-refractivity contribution in [1.29, 1.82) is 0 Å². The van der Waals surface area contributed by atoms with E-state index in [0.717, 1.165) is 44.8 Å². The SMILES string of the molecule is Cc1ccc(-n2nc(-c3ccccc3)c3c2N(CC(=O)NCc2cccnc2)C(=O)CSC3c2ccsc2)c(C)c1. The number of nitrogens with zero attached hydrogens (tertiary/aromatic N) is 4. The molecule has 0 saturated carbocycles. The summed E-state index contributed by atoms with van der Waals surface area (Å²) in [6, 6.07) is 22.1. The Hall–Kier alpha value is -4.21. The van der Waals surface area contributed by atoms with E-state index in [0.29, 0.717) is 12.4 Å². The minimum absolute atomic E-state index is 0.117. The molecule has 2 aromatic carbocycles. The molecule has 4 heterocycles. The first-order valence-electron chi connectivity index (χ1n) is 13.3. The van der Waals surface area contributed by atoms with Crippen LogP contribution in [0.2, 0.25) is 0 Å². The Kier molecular flexibility index (Phi) is 7.71. The third kappa shape index (κ3) is 5.55. The van der Waals surface area contributed by atoms with Crippen molar-refractivity contribution in [2.45, 2.75) is 25.6 Å². The summed E-state index contributed by atoms with van der Waals surface area (Å²) in [6.07, 6.45) is 3.42. The second kappa shape index (κ2) is 11.7. The largest absolute Gasteiger partial charge is 0.350 e. The summed E-state index contributed by atoms with van der Waals surface area (Å²) in [5, 5.41) is 12.2. The monoisotopic (exact) mass is 579 g/mol. The van der Waals surface area contributed by atoms with Crippen molar-refractivity contribution in [2.75, 3.05) is 17.2 Å². The van der Waals surface area contributed by atoms with Crippen LogP contribution in [0.15, 0.2) is 89.9 Å². The van der Waals surface area contributed by atoms with E-state index in [1.54, 1.807) is 40.4 Å². The maximum absolute atomic E-state index is 13.8. The lowest BCUT2D eigenvalue weighted by Gasteiger charge is -2.23. The second-order valence-electron chi connectivity index (χ2n) is 10.0. The van der Waals surface area contributed by atoms with Crippen LogP contribution in [0.1, 0.15) is 33.1 Å². The first-order valence-corrected chi connectivity index (χ1v) is 15.3. The van der Waals surface area contributed by atoms with E-state index in [-0.39, 0.29) is 29.4 Å². The highest BCUT2D eigenvalue weighted by Gasteiger charge is 2.38. The van der Waals surface area contributed by atoms with Gasteiger partial charge in [-0.05, 0) is 59.5 Å². The van der Waals surface area contributed by atoms with Gasteiger partial charge >= 0.3 is 0 Å². The van der Waals surface area contributed by atoms with Crippen molar-refractivity contribution in [3.8, 4) is 16.9 Å². The van der Waals surface area contributed by atoms with Crippen molar-refractivity contribution in [2.24, 2.45) is 0 Å². The van der Waals surface area contributed by atoms with E-state index in [9.17, 15) is 9.59 Å². The fourth-order valence-electron chi connectivity index (χ4n) is 5.13. The van der Waals surface area contributed by atoms with Crippen molar-refractivity contribution in [1.82, 2.24) is 20.1 Å². The van der Waals surface area contributed by atoms with E-state index >= 15 is 0 Å². The maximum atomic E-state index is 13.8. The topological polar surface area (TPSA) is 80.1 Å². The smallest absolute Gasteiger partial charge is 0.240 e. The summed E-state index contributed by atoms with van der Waals surface area (Å²) >= 11 is 3.21. The van der Waals surface area contributed by atoms with Gasteiger partial charge in [0.25, 0.3) is 0 Å². The summed E-state index contributed by atoms with van der Waals surface area (Å²) in [5.41, 5.74) is 7.76. The van der Waals surface area contributed by atoms with Crippen molar-refractivity contribution >= 4 is 40.7 Å². The molecule has 7 nitrogen and oxygen atoms in total. The number of hydrogen-bond acceptors (Lipinski definition) is 6. The average Bonchev–Trinajstić information content (AvgIpc) is 3.63. The molecule has 1 aliphatic heterocycles. The van der Waals surface area contributed by atoms with E-state index in [1.807, 2.05) is 66.2 Å². The molecule has 0 fully saturated rings. The molecule has 9 heteroatoms. The average molecular weight is 580 g/mol. The fraction of sp³-hybridized carbons (Fsp3) is 0.188. The zero-order valence-corrected chi connectivity index (χ0v) is 24.4. The van der Waals surface area contributed by atoms with Gasteiger partial charge < -0.3 is 5.32 Å². The molecule has 1 unspecified atom stereocenters. The predicted molar refractivity (Wildman–Crippen MR) is 166 cm³/mol. The predicted octanol–water partition coefficient (Wildman–Crippen LogP) is 6.10. The number of carbonyl (C=O) groups excluding carboxylic acids is 2. The Balaban J connectivity index is 1.52. The number of pyridine rings is 1. The Bertz CT molecular complexity index is 1680. The normalized spacial score (nSPS) is 14.9. The first kappa shape index (κ1) is 27.0. The molecule has 6 rings (SSSR count). The van der Waals surface area contributed by atoms with Crippen LogP contribution in [0.3, 0.4) is 0 Å². The molecular weight excluding hydrogens is 551 g/mol. The standard InChI is InChI=1S/C32H29N5O2S2/c1-21-10-11-26(22(2)15-21)37-32-29(30(35-37)24-8-4-3-5-9-24)31(25-12-14-40-19-25)41-20-28(39)36(32)18-27(38)34-17-23-7-6-13-33-16-23/h3-16,19,31H,17-18,20H2,1-2H3,(H,34,38). The van der Waals surface area contributed by atoms with Gasteiger partial charge in [0.15, 0.2) is 0 Å². The van der Waals surface area contributed by atoms with E-state index in [4.69, 9.17) is 5.10 Å². The van der Waals surface area contributed by atoms with Crippen LogP contribution in [0, 0.1) is 13.8 Å². The van der Waals surface area contributed by atoms with Gasteiger partial charge in [0.2, 0.25) is 11.8 Å². The third-order valence-electron chi connectivity index (χ3n) is 7.08. The van der Waals surface area contributed by atoms with Gasteiger partial charge in [0, 0.05) is 30.1 Å². The van der Waals surface area contributed by atoms with Crippen LogP contribution in [-0.4, -0.2) is 38.9 Å². The number of aromatic nitrogens is 3. The van der Waals surface area contributed by atoms with Gasteiger partial charge in [0.1, 0.15) is 12.4 Å². The number of amides is 2. The minimum Gasteiger partial charge on any atom is -0.350 e. The molecule has 0 saturated heterocycles. The van der Waals surface area contributed by atoms with E-state index in [2.05, 4.69) is 40.1 Å². The number of hydrogen-bond donors (Lipinski definition) is 1. The van der Waals surface area contributed by atoms with Crippen LogP contribution < -0.4 is 10.2 Å². The Morgan fingerprint density at radius 1 is 1.07 bits per heavy atom. The number of nitrogens with one attached hydrogen (secondary N) is 1. The number of rotatable bonds is 7. The molecule has 3 aromatic heterocycles. The van der Waals surface area contributed by atoms with Crippen LogP contribution in [-0.2, 0) is 16.1 Å². The third-order valence-corrected chi connectivity index (χ3v) is 9.03. The maximum Gasteiger partial charge on any atom is 0.240 e. The Labute approximate surface area is 247 Å². The number of thioether (sulfide) groups is 1. The quantitative estimate of drug-likeness (QED) is 0.252. The number of benzene rings is 2. The molecule has 5 aromatic rings. The van der Waals surface area contributed by atoms with Crippen LogP contribution >= 0.6 is 23.1 Å². The van der Waals surface area contributed by atoms with Gasteiger partial charge in [-0.3, -0.25) is 19.5 Å². The molecule has 1 aliphatic rings. The summed E-state index contributed by atoms with van der Waals surface area (Å²) < 4.78 is 1.87. The molecule has 0 radical (unpaired) electrons. The lowest BCUT2D eigenvalue weighted by molar-refractivity contribution is -0.123. The summed E-state index contributed by atoms with van der Waals surface area (Å²) in [7, 11) is 0. The highest BCUT2D eigenvalue weighted by atomic mass is 32.2. The van der Waals surface area contributed by atoms with Gasteiger partial charge in [-0.15, -0.1) is 11.8 Å². The lowest BCUT2D eigenvalue weighted by atomic mass is 10.0. The van der Waals surface area contributed by atoms with E-state index in [1.165, 1.54) is 0 Å². The highest BCUT2D eigenvalue weighted by Crippen LogP contribution is 2.49. The lowest BCUT2D eigenvalue weighted by Crippen LogP contribution is -2.42. The molecule has 41 heavy (non-hydrogen) atoms. The van der Waals surface area contributed by atoms with Crippen LogP contribution in [0.4, 0.5) is 5.82 Å². The summed E-state index contributed by atoms with van der Waals surface area (Å²) in [5.74, 6) is 0.503. The molecule has 1 atom stereocenters. The zero-order chi connectivity index (χ0) is 28.3. The fourth-order valence-corrected chi connectivity index (χ4v) is 7.09. The summed E-state index contributed by atoms with van der Waals surface area (Å²) in [4.78, 5) is 32.9. The van der Waals surface area contributed by atoms with Gasteiger partial charge in [0.05, 0.1) is 22.4 Å². The molecular formula is C32H29N5O2S2. The van der Waals surface area contributed by atoms with Crippen molar-refractivity contribution in [3.63, 3.8) is 0 Å². The van der Waals surface area contributed by atoms with Crippen LogP contribution in [0.5, 0.6) is 0 Å². The summed E-state index contributed by atoms with van der Waals surface area (Å²) in [6.45, 7) is 4.32. The molecule has 0 bridgehead atoms. The molecule has 0 spiro atoms. The second-order valence-corrected chi connectivity index (χ2v) is 11.9. The van der Waals surface area contributed by atoms with Crippen LogP contribution in [0.25, 0.3) is 16.9 Å². The number of anilines is 1. The highest BCUT2D eigenvalue weighted by molar-refractivity contribution is 8.00. The Morgan fingerprint density at radius 3 is 2.66 bits per heavy atom. The van der Waals surface area contributed by atoms with Gasteiger partial charge in [-0.25, -0.2) is 4.68 Å². The number of fused-ring (bicyclic) bond motifs is 1. The van der Waals surface area contributed by atoms with Gasteiger partial charge in [-0.2, -0.15) is 16.4 Å². The Morgan fingerprint density at radius 2 is 1.93 bits per heavy atom. The van der Waals surface area contributed by atoms with E-state index < -0.39 is 0 Å². The number of thiophene rings is 1. The first-order chi connectivity index (χ1) is 20.0. The van der Waals surface area contributed by atoms with Crippen molar-refractivity contribution in [3.05, 3.63) is 118 Å².